The van der Waals surface area contributed by atoms with Crippen molar-refractivity contribution in [2.45, 2.75) is 0 Å². The fourth-order valence-electron chi connectivity index (χ4n) is 0.400. The molecule has 0 atom stereocenters. The van der Waals surface area contributed by atoms with Crippen LogP contribution in [0.2, 0.25) is 0 Å². The third kappa shape index (κ3) is 72.8. The summed E-state index contributed by atoms with van der Waals surface area (Å²) >= 11 is 0. The molecule has 17 heteroatoms. The van der Waals surface area contributed by atoms with Crippen LogP contribution in [0.5, 0.6) is 0 Å². The minimum absolute atomic E-state index is 0. The fourth-order valence-corrected chi connectivity index (χ4v) is 1.20. The smallest absolute Gasteiger partial charge is 0.726 e. The average Bonchev–Trinajstić information content (AvgIpc) is 2.50. The molecule has 0 aliphatic rings. The summed E-state index contributed by atoms with van der Waals surface area (Å²) in [6.45, 7) is 14.8. The molecular formula is C11H23NaO13S3. The summed E-state index contributed by atoms with van der Waals surface area (Å²) in [7, 11) is -13.0. The van der Waals surface area contributed by atoms with Crippen molar-refractivity contribution < 1.29 is 86.5 Å². The molecular weight excluding hydrogens is 459 g/mol. The van der Waals surface area contributed by atoms with Crippen molar-refractivity contribution in [3.05, 3.63) is 51.1 Å². The van der Waals surface area contributed by atoms with Gasteiger partial charge in [-0.15, -0.1) is 32.9 Å². The minimum atomic E-state index is -4.51. The van der Waals surface area contributed by atoms with Crippen LogP contribution >= 0.6 is 0 Å². The molecule has 0 fully saturated rings. The third-order valence-electron chi connectivity index (χ3n) is 1.000. The third-order valence-corrected chi connectivity index (χ3v) is 2.29. The van der Waals surface area contributed by atoms with E-state index < -0.39 is 31.2 Å². The van der Waals surface area contributed by atoms with Crippen LogP contribution in [0.4, 0.5) is 0 Å². The molecule has 0 aliphatic carbocycles. The molecule has 0 aromatic heterocycles. The van der Waals surface area contributed by atoms with Crippen LogP contribution in [0.3, 0.4) is 0 Å². The monoisotopic (exact) mass is 482 g/mol. The summed E-state index contributed by atoms with van der Waals surface area (Å²) in [5, 5.41) is 0. The SMILES string of the molecule is C=C.C=CCOS(=O)(=O)O.C=CCOS(=O)(=O)O.C=CCOS(=O)(=O)[O-].O.[Na+]. The Bertz CT molecular complexity index is 588. The molecule has 13 nitrogen and oxygen atoms in total. The van der Waals surface area contributed by atoms with Crippen molar-refractivity contribution in [2.24, 2.45) is 0 Å². The van der Waals surface area contributed by atoms with Crippen molar-refractivity contribution in [1.82, 2.24) is 0 Å². The number of hydrogen-bond donors (Lipinski definition) is 2. The van der Waals surface area contributed by atoms with Gasteiger partial charge in [0.1, 0.15) is 0 Å². The van der Waals surface area contributed by atoms with Gasteiger partial charge in [-0.1, -0.05) is 18.2 Å². The van der Waals surface area contributed by atoms with Gasteiger partial charge in [-0.2, -0.15) is 16.8 Å². The molecule has 0 aliphatic heterocycles. The van der Waals surface area contributed by atoms with E-state index in [0.29, 0.717) is 0 Å². The van der Waals surface area contributed by atoms with E-state index in [1.165, 1.54) is 18.2 Å². The molecule has 0 spiro atoms. The second kappa shape index (κ2) is 24.6. The van der Waals surface area contributed by atoms with E-state index >= 15 is 0 Å². The number of rotatable bonds is 9. The van der Waals surface area contributed by atoms with Crippen LogP contribution in [-0.2, 0) is 43.7 Å². The predicted octanol–water partition coefficient (Wildman–Crippen LogP) is -3.39. The van der Waals surface area contributed by atoms with Gasteiger partial charge in [-0.05, 0) is 0 Å². The Morgan fingerprint density at radius 3 is 1.00 bits per heavy atom. The van der Waals surface area contributed by atoms with Gasteiger partial charge >= 0.3 is 50.4 Å². The van der Waals surface area contributed by atoms with E-state index in [9.17, 15) is 29.8 Å². The van der Waals surface area contributed by atoms with Gasteiger partial charge in [0.05, 0.1) is 19.8 Å². The minimum Gasteiger partial charge on any atom is -0.726 e. The zero-order valence-electron chi connectivity index (χ0n) is 15.1. The van der Waals surface area contributed by atoms with Crippen molar-refractivity contribution >= 4 is 31.2 Å². The Hall–Kier alpha value is -0.470. The van der Waals surface area contributed by atoms with Gasteiger partial charge < -0.3 is 10.0 Å². The maximum Gasteiger partial charge on any atom is 1.00 e. The van der Waals surface area contributed by atoms with E-state index in [0.717, 1.165) is 0 Å². The molecule has 0 rings (SSSR count). The van der Waals surface area contributed by atoms with Gasteiger partial charge in [0.25, 0.3) is 0 Å². The van der Waals surface area contributed by atoms with E-state index in [1.807, 2.05) is 0 Å². The largest absolute Gasteiger partial charge is 1.00 e. The van der Waals surface area contributed by atoms with Crippen LogP contribution in [-0.4, -0.2) is 64.2 Å². The molecule has 0 bridgehead atoms. The Kier molecular flexibility index (Phi) is 36.7. The average molecular weight is 482 g/mol. The molecule has 28 heavy (non-hydrogen) atoms. The van der Waals surface area contributed by atoms with Crippen molar-refractivity contribution in [2.75, 3.05) is 19.8 Å². The van der Waals surface area contributed by atoms with Gasteiger partial charge in [-0.25, -0.2) is 16.8 Å². The van der Waals surface area contributed by atoms with E-state index in [2.05, 4.69) is 45.4 Å². The Morgan fingerprint density at radius 1 is 0.714 bits per heavy atom. The molecule has 4 N–H and O–H groups in total. The van der Waals surface area contributed by atoms with Gasteiger partial charge in [0.2, 0.25) is 10.4 Å². The van der Waals surface area contributed by atoms with Gasteiger partial charge in [0, 0.05) is 0 Å². The van der Waals surface area contributed by atoms with E-state index in [4.69, 9.17) is 9.11 Å². The molecule has 0 aromatic carbocycles. The first kappa shape index (κ1) is 41.8. The van der Waals surface area contributed by atoms with E-state index in [1.54, 1.807) is 0 Å². The second-order valence-electron chi connectivity index (χ2n) is 2.98. The molecule has 0 aromatic rings. The fraction of sp³-hybridized carbons (Fsp3) is 0.273. The van der Waals surface area contributed by atoms with Crippen LogP contribution < -0.4 is 29.6 Å². The molecule has 0 radical (unpaired) electrons. The molecule has 0 saturated heterocycles. The van der Waals surface area contributed by atoms with Crippen molar-refractivity contribution in [3.63, 3.8) is 0 Å². The summed E-state index contributed by atoms with van der Waals surface area (Å²) in [6.07, 6.45) is 3.61. The Morgan fingerprint density at radius 2 is 0.929 bits per heavy atom. The topological polar surface area (TPSA) is 225 Å². The van der Waals surface area contributed by atoms with E-state index in [-0.39, 0.29) is 54.9 Å². The quantitative estimate of drug-likeness (QED) is 0.142. The first-order valence-electron chi connectivity index (χ1n) is 5.85. The molecule has 0 amide bonds. The molecule has 0 saturated carbocycles. The van der Waals surface area contributed by atoms with Crippen molar-refractivity contribution in [3.8, 4) is 0 Å². The summed E-state index contributed by atoms with van der Waals surface area (Å²) in [4.78, 5) is 0. The normalized spacial score (nSPS) is 9.68. The summed E-state index contributed by atoms with van der Waals surface area (Å²) in [6, 6.07) is 0. The molecule has 164 valence electrons. The van der Waals surface area contributed by atoms with Crippen LogP contribution in [0.1, 0.15) is 0 Å². The maximum absolute atomic E-state index is 9.68. The number of hydrogen-bond acceptors (Lipinski definition) is 10. The van der Waals surface area contributed by atoms with Gasteiger partial charge in [0.15, 0.2) is 0 Å². The summed E-state index contributed by atoms with van der Waals surface area (Å²) in [5.74, 6) is 0. The zero-order chi connectivity index (χ0) is 21.9. The first-order chi connectivity index (χ1) is 11.7. The zero-order valence-corrected chi connectivity index (χ0v) is 19.5. The Labute approximate surface area is 187 Å². The maximum atomic E-state index is 9.68. The summed E-state index contributed by atoms with van der Waals surface area (Å²) < 4.78 is 94.4. The second-order valence-corrected chi connectivity index (χ2v) is 6.22. The van der Waals surface area contributed by atoms with Crippen LogP contribution in [0.25, 0.3) is 0 Å². The van der Waals surface area contributed by atoms with Gasteiger partial charge in [-0.3, -0.25) is 13.3 Å². The van der Waals surface area contributed by atoms with Crippen LogP contribution in [0.15, 0.2) is 51.1 Å². The summed E-state index contributed by atoms with van der Waals surface area (Å²) in [5.41, 5.74) is 0. The predicted molar refractivity (Wildman–Crippen MR) is 96.1 cm³/mol. The molecule has 0 unspecified atom stereocenters. The standard InChI is InChI=1S/3C3H6O4S.C2H4.Na.H2O/c3*1-2-3-7-8(4,5)6;1-2;;/h3*2H,1,3H2,(H,4,5,6);1-2H2;;1H2/q;;;;+1;/p-1. The Balaban J connectivity index is -0.0000000599. The van der Waals surface area contributed by atoms with Crippen LogP contribution in [0, 0.1) is 0 Å². The first-order valence-corrected chi connectivity index (χ1v) is 9.91. The molecule has 0 heterocycles. The van der Waals surface area contributed by atoms with Crippen molar-refractivity contribution in [1.29, 1.82) is 0 Å².